The minimum Gasteiger partial charge on any atom is -0.493 e. The summed E-state index contributed by atoms with van der Waals surface area (Å²) < 4.78 is 11.4. The first-order chi connectivity index (χ1) is 15.5. The molecule has 0 bridgehead atoms. The Labute approximate surface area is 190 Å². The number of aryl methyl sites for hydroxylation is 1. The summed E-state index contributed by atoms with van der Waals surface area (Å²) >= 11 is 0. The van der Waals surface area contributed by atoms with Crippen LogP contribution in [0, 0.1) is 12.8 Å². The lowest BCUT2D eigenvalue weighted by molar-refractivity contribution is -0.133. The molecule has 2 fully saturated rings. The van der Waals surface area contributed by atoms with E-state index in [-0.39, 0.29) is 6.04 Å². The molecular weight excluding hydrogens is 404 g/mol. The van der Waals surface area contributed by atoms with E-state index in [1.54, 1.807) is 7.11 Å². The minimum atomic E-state index is 0.149. The van der Waals surface area contributed by atoms with Gasteiger partial charge < -0.3 is 19.3 Å². The van der Waals surface area contributed by atoms with Crippen LogP contribution in [0.15, 0.2) is 30.6 Å². The smallest absolute Gasteiger partial charge is 0.224 e. The number of amides is 1. The second-order valence-corrected chi connectivity index (χ2v) is 9.04. The van der Waals surface area contributed by atoms with Gasteiger partial charge in [-0.1, -0.05) is 31.7 Å². The van der Waals surface area contributed by atoms with E-state index in [1.165, 1.54) is 32.0 Å². The highest BCUT2D eigenvalue weighted by Gasteiger charge is 2.29. The van der Waals surface area contributed by atoms with Crippen molar-refractivity contribution in [1.29, 1.82) is 0 Å². The van der Waals surface area contributed by atoms with E-state index < -0.39 is 0 Å². The number of carbonyl (C=O) groups excluding carboxylic acids is 1. The average Bonchev–Trinajstić information content (AvgIpc) is 3.32. The van der Waals surface area contributed by atoms with Crippen LogP contribution in [0.4, 0.5) is 5.82 Å². The monoisotopic (exact) mass is 438 g/mol. The van der Waals surface area contributed by atoms with Gasteiger partial charge in [0.05, 0.1) is 7.11 Å². The highest BCUT2D eigenvalue weighted by atomic mass is 16.5. The molecule has 0 spiro atoms. The molecule has 1 saturated heterocycles. The molecule has 2 aromatic rings. The molecule has 1 aliphatic carbocycles. The third-order valence-electron chi connectivity index (χ3n) is 6.67. The summed E-state index contributed by atoms with van der Waals surface area (Å²) in [6.07, 6.45) is 8.49. The van der Waals surface area contributed by atoms with Crippen LogP contribution in [0.5, 0.6) is 17.4 Å². The third-order valence-corrected chi connectivity index (χ3v) is 6.67. The van der Waals surface area contributed by atoms with E-state index in [0.717, 1.165) is 43.4 Å². The molecule has 1 aliphatic heterocycles. The highest BCUT2D eigenvalue weighted by molar-refractivity contribution is 5.77. The number of nitrogens with zero attached hydrogens (tertiary/aromatic N) is 4. The molecule has 1 atom stereocenters. The third kappa shape index (κ3) is 5.31. The summed E-state index contributed by atoms with van der Waals surface area (Å²) in [5, 5.41) is 0. The summed E-state index contributed by atoms with van der Waals surface area (Å²) in [7, 11) is 1.63. The van der Waals surface area contributed by atoms with E-state index >= 15 is 0 Å². The van der Waals surface area contributed by atoms with Crippen molar-refractivity contribution in [2.75, 3.05) is 31.6 Å². The van der Waals surface area contributed by atoms with Gasteiger partial charge in [0.25, 0.3) is 0 Å². The SMILES string of the molecule is COc1cc(C)ccc1Oc1cc(N2CCN(C(=O)CCC3CCCC3)[C@@H](C)C2)ncn1. The second kappa shape index (κ2) is 10.2. The Morgan fingerprint density at radius 3 is 2.69 bits per heavy atom. The van der Waals surface area contributed by atoms with Gasteiger partial charge in [0, 0.05) is 38.2 Å². The topological polar surface area (TPSA) is 67.8 Å². The fourth-order valence-electron chi connectivity index (χ4n) is 4.84. The van der Waals surface area contributed by atoms with E-state index in [4.69, 9.17) is 9.47 Å². The van der Waals surface area contributed by atoms with Crippen molar-refractivity contribution >= 4 is 11.7 Å². The number of carbonyl (C=O) groups is 1. The van der Waals surface area contributed by atoms with E-state index in [9.17, 15) is 4.79 Å². The standard InChI is InChI=1S/C25H34N4O3/c1-18-8-10-21(22(14-18)31-3)32-24-15-23(26-17-27-24)28-12-13-29(19(2)16-28)25(30)11-9-20-6-4-5-7-20/h8,10,14-15,17,19-20H,4-7,9,11-13,16H2,1-3H3/t19-/m0/s1. The Balaban J connectivity index is 1.36. The van der Waals surface area contributed by atoms with Gasteiger partial charge in [-0.05, 0) is 43.9 Å². The van der Waals surface area contributed by atoms with E-state index in [2.05, 4.69) is 21.8 Å². The molecule has 0 unspecified atom stereocenters. The van der Waals surface area contributed by atoms with Gasteiger partial charge >= 0.3 is 0 Å². The molecule has 1 saturated carbocycles. The number of hydrogen-bond donors (Lipinski definition) is 0. The van der Waals surface area contributed by atoms with E-state index in [0.29, 0.717) is 29.7 Å². The molecule has 1 amide bonds. The predicted molar refractivity (Wildman–Crippen MR) is 124 cm³/mol. The van der Waals surface area contributed by atoms with Gasteiger partial charge in [0.2, 0.25) is 11.8 Å². The fourth-order valence-corrected chi connectivity index (χ4v) is 4.84. The van der Waals surface area contributed by atoms with Gasteiger partial charge in [0.15, 0.2) is 11.5 Å². The molecule has 2 aliphatic rings. The highest BCUT2D eigenvalue weighted by Crippen LogP contribution is 2.32. The zero-order valence-corrected chi connectivity index (χ0v) is 19.4. The number of rotatable bonds is 7. The molecule has 0 N–H and O–H groups in total. The van der Waals surface area contributed by atoms with Gasteiger partial charge in [-0.15, -0.1) is 0 Å². The second-order valence-electron chi connectivity index (χ2n) is 9.04. The fraction of sp³-hybridized carbons (Fsp3) is 0.560. The molecule has 7 nitrogen and oxygen atoms in total. The molecule has 2 heterocycles. The van der Waals surface area contributed by atoms with Crippen LogP contribution in [-0.4, -0.2) is 53.6 Å². The number of hydrogen-bond acceptors (Lipinski definition) is 6. The van der Waals surface area contributed by atoms with Crippen LogP contribution >= 0.6 is 0 Å². The van der Waals surface area contributed by atoms with Crippen LogP contribution < -0.4 is 14.4 Å². The zero-order chi connectivity index (χ0) is 22.5. The first-order valence-electron chi connectivity index (χ1n) is 11.7. The van der Waals surface area contributed by atoms with Crippen molar-refractivity contribution in [3.8, 4) is 17.4 Å². The van der Waals surface area contributed by atoms with Crippen LogP contribution in [0.25, 0.3) is 0 Å². The van der Waals surface area contributed by atoms with Crippen molar-refractivity contribution in [1.82, 2.24) is 14.9 Å². The Bertz CT molecular complexity index is 929. The summed E-state index contributed by atoms with van der Waals surface area (Å²) in [6, 6.07) is 7.79. The summed E-state index contributed by atoms with van der Waals surface area (Å²) in [5.74, 6) is 3.62. The maximum Gasteiger partial charge on any atom is 0.224 e. The lowest BCUT2D eigenvalue weighted by Gasteiger charge is -2.40. The zero-order valence-electron chi connectivity index (χ0n) is 19.4. The van der Waals surface area contributed by atoms with Crippen molar-refractivity contribution in [3.63, 3.8) is 0 Å². The largest absolute Gasteiger partial charge is 0.493 e. The molecule has 7 heteroatoms. The Morgan fingerprint density at radius 2 is 1.94 bits per heavy atom. The number of ether oxygens (including phenoxy) is 2. The van der Waals surface area contributed by atoms with Crippen molar-refractivity contribution in [2.24, 2.45) is 5.92 Å². The first-order valence-corrected chi connectivity index (χ1v) is 11.7. The van der Waals surface area contributed by atoms with Crippen molar-refractivity contribution in [3.05, 3.63) is 36.2 Å². The van der Waals surface area contributed by atoms with Crippen LogP contribution in [0.2, 0.25) is 0 Å². The molecule has 0 radical (unpaired) electrons. The minimum absolute atomic E-state index is 0.149. The summed E-state index contributed by atoms with van der Waals surface area (Å²) in [6.45, 7) is 6.35. The number of anilines is 1. The molecule has 32 heavy (non-hydrogen) atoms. The normalized spacial score (nSPS) is 19.3. The molecule has 172 valence electrons. The number of aromatic nitrogens is 2. The Hall–Kier alpha value is -2.83. The summed E-state index contributed by atoms with van der Waals surface area (Å²) in [4.78, 5) is 25.8. The quantitative estimate of drug-likeness (QED) is 0.630. The van der Waals surface area contributed by atoms with Gasteiger partial charge in [-0.25, -0.2) is 9.97 Å². The molecule has 1 aromatic heterocycles. The van der Waals surface area contributed by atoms with Gasteiger partial charge in [0.1, 0.15) is 12.1 Å². The first kappa shape index (κ1) is 22.4. The Morgan fingerprint density at radius 1 is 1.12 bits per heavy atom. The number of benzene rings is 1. The Kier molecular flexibility index (Phi) is 7.12. The molecular formula is C25H34N4O3. The molecule has 4 rings (SSSR count). The van der Waals surface area contributed by atoms with Gasteiger partial charge in [-0.2, -0.15) is 0 Å². The predicted octanol–water partition coefficient (Wildman–Crippen LogP) is 4.59. The van der Waals surface area contributed by atoms with E-state index in [1.807, 2.05) is 36.1 Å². The number of piperazine rings is 1. The van der Waals surface area contributed by atoms with Crippen LogP contribution in [-0.2, 0) is 4.79 Å². The number of methoxy groups -OCH3 is 1. The summed E-state index contributed by atoms with van der Waals surface area (Å²) in [5.41, 5.74) is 1.10. The lowest BCUT2D eigenvalue weighted by atomic mass is 10.0. The van der Waals surface area contributed by atoms with Crippen LogP contribution in [0.1, 0.15) is 51.0 Å². The molecule has 1 aromatic carbocycles. The average molecular weight is 439 g/mol. The van der Waals surface area contributed by atoms with Crippen LogP contribution in [0.3, 0.4) is 0 Å². The maximum absolute atomic E-state index is 12.8. The van der Waals surface area contributed by atoms with Crippen molar-refractivity contribution < 1.29 is 14.3 Å². The maximum atomic E-state index is 12.8. The van der Waals surface area contributed by atoms with Gasteiger partial charge in [-0.3, -0.25) is 4.79 Å². The lowest BCUT2D eigenvalue weighted by Crippen LogP contribution is -2.54. The van der Waals surface area contributed by atoms with Crippen molar-refractivity contribution in [2.45, 2.75) is 58.4 Å².